The van der Waals surface area contributed by atoms with Gasteiger partial charge < -0.3 is 4.74 Å². The summed E-state index contributed by atoms with van der Waals surface area (Å²) in [7, 11) is 1.70. The Morgan fingerprint density at radius 2 is 1.65 bits per heavy atom. The number of nitrogens with zero attached hydrogens (tertiary/aromatic N) is 1. The molecule has 0 N–H and O–H groups in total. The number of aryl methyl sites for hydroxylation is 1. The van der Waals surface area contributed by atoms with Gasteiger partial charge in [-0.2, -0.15) is 0 Å². The van der Waals surface area contributed by atoms with Crippen LogP contribution in [0.2, 0.25) is 0 Å². The molecule has 2 nitrogen and oxygen atoms in total. The van der Waals surface area contributed by atoms with E-state index in [0.29, 0.717) is 5.25 Å². The molecule has 3 aromatic carbocycles. The second kappa shape index (κ2) is 7.38. The van der Waals surface area contributed by atoms with E-state index in [9.17, 15) is 0 Å². The van der Waals surface area contributed by atoms with Crippen LogP contribution in [0.1, 0.15) is 28.4 Å². The average Bonchev–Trinajstić information content (AvgIpc) is 2.88. The number of benzene rings is 3. The lowest BCUT2D eigenvalue weighted by molar-refractivity contribution is 0.414. The lowest BCUT2D eigenvalue weighted by Crippen LogP contribution is -2.05. The maximum absolute atomic E-state index is 5.31. The first-order chi connectivity index (χ1) is 12.7. The zero-order valence-electron chi connectivity index (χ0n) is 15.0. The summed E-state index contributed by atoms with van der Waals surface area (Å²) in [5, 5.41) is 0.324. The first-order valence-corrected chi connectivity index (χ1v) is 9.65. The molecule has 130 valence electrons. The summed E-state index contributed by atoms with van der Waals surface area (Å²) >= 11 is 1.89. The zero-order valence-corrected chi connectivity index (χ0v) is 15.8. The number of thioether (sulfide) groups is 1. The van der Waals surface area contributed by atoms with E-state index in [1.54, 1.807) is 7.11 Å². The minimum atomic E-state index is 0.324. The van der Waals surface area contributed by atoms with Gasteiger partial charge in [0.1, 0.15) is 5.75 Å². The quantitative estimate of drug-likeness (QED) is 0.542. The highest BCUT2D eigenvalue weighted by atomic mass is 32.2. The summed E-state index contributed by atoms with van der Waals surface area (Å²) in [6.07, 6.45) is 0.898. The highest BCUT2D eigenvalue weighted by Gasteiger charge is 2.22. The largest absolute Gasteiger partial charge is 0.497 e. The molecule has 0 radical (unpaired) electrons. The number of aliphatic imine (C=N–C) groups is 1. The van der Waals surface area contributed by atoms with E-state index in [-0.39, 0.29) is 0 Å². The fraction of sp³-hybridized carbons (Fsp3) is 0.174. The van der Waals surface area contributed by atoms with Crippen LogP contribution in [0.4, 0.5) is 5.69 Å². The van der Waals surface area contributed by atoms with Crippen molar-refractivity contribution in [3.05, 3.63) is 89.5 Å². The van der Waals surface area contributed by atoms with Crippen molar-refractivity contribution in [3.63, 3.8) is 0 Å². The van der Waals surface area contributed by atoms with Crippen molar-refractivity contribution >= 4 is 23.2 Å². The second-order valence-electron chi connectivity index (χ2n) is 6.48. The standard InChI is InChI=1S/C23H21NOS/c1-16-7-9-17(10-8-16)21-15-23(18-11-13-19(25-2)14-12-18)26-22-6-4-3-5-20(22)24-21/h3-14,23H,15H2,1-2H3. The lowest BCUT2D eigenvalue weighted by atomic mass is 10.0. The number of hydrogen-bond acceptors (Lipinski definition) is 3. The molecule has 1 aliphatic heterocycles. The topological polar surface area (TPSA) is 21.6 Å². The van der Waals surface area contributed by atoms with Gasteiger partial charge in [0.2, 0.25) is 0 Å². The number of para-hydroxylation sites is 1. The third-order valence-electron chi connectivity index (χ3n) is 4.64. The molecular weight excluding hydrogens is 338 g/mol. The Morgan fingerprint density at radius 3 is 2.38 bits per heavy atom. The molecular formula is C23H21NOS. The third kappa shape index (κ3) is 3.54. The normalized spacial score (nSPS) is 16.4. The summed E-state index contributed by atoms with van der Waals surface area (Å²) < 4.78 is 5.31. The molecule has 0 aromatic heterocycles. The number of fused-ring (bicyclic) bond motifs is 1. The van der Waals surface area contributed by atoms with Crippen LogP contribution in [0.25, 0.3) is 0 Å². The minimum Gasteiger partial charge on any atom is -0.497 e. The van der Waals surface area contributed by atoms with Gasteiger partial charge >= 0.3 is 0 Å². The van der Waals surface area contributed by atoms with E-state index in [2.05, 4.69) is 67.6 Å². The molecule has 0 amide bonds. The molecule has 0 fully saturated rings. The minimum absolute atomic E-state index is 0.324. The SMILES string of the molecule is COc1ccc(C2CC(c3ccc(C)cc3)=Nc3ccccc3S2)cc1. The molecule has 1 atom stereocenters. The lowest BCUT2D eigenvalue weighted by Gasteiger charge is -2.16. The summed E-state index contributed by atoms with van der Waals surface area (Å²) in [6, 6.07) is 25.5. The van der Waals surface area contributed by atoms with Crippen LogP contribution < -0.4 is 4.74 Å². The van der Waals surface area contributed by atoms with Gasteiger partial charge in [-0.1, -0.05) is 54.1 Å². The van der Waals surface area contributed by atoms with Gasteiger partial charge in [0.15, 0.2) is 0 Å². The fourth-order valence-corrected chi connectivity index (χ4v) is 4.38. The van der Waals surface area contributed by atoms with E-state index in [1.807, 2.05) is 23.9 Å². The smallest absolute Gasteiger partial charge is 0.118 e. The average molecular weight is 359 g/mol. The fourth-order valence-electron chi connectivity index (χ4n) is 3.14. The number of ether oxygens (including phenoxy) is 1. The van der Waals surface area contributed by atoms with Crippen molar-refractivity contribution in [2.24, 2.45) is 4.99 Å². The molecule has 4 rings (SSSR count). The van der Waals surface area contributed by atoms with E-state index >= 15 is 0 Å². The Bertz CT molecular complexity index is 929. The number of hydrogen-bond donors (Lipinski definition) is 0. The second-order valence-corrected chi connectivity index (χ2v) is 7.72. The van der Waals surface area contributed by atoms with Crippen molar-refractivity contribution in [2.75, 3.05) is 7.11 Å². The monoisotopic (exact) mass is 359 g/mol. The number of methoxy groups -OCH3 is 1. The van der Waals surface area contributed by atoms with E-state index in [0.717, 1.165) is 23.6 Å². The zero-order chi connectivity index (χ0) is 17.9. The van der Waals surface area contributed by atoms with Gasteiger partial charge in [0.05, 0.1) is 12.8 Å². The Kier molecular flexibility index (Phi) is 4.81. The Morgan fingerprint density at radius 1 is 0.923 bits per heavy atom. The van der Waals surface area contributed by atoms with E-state index < -0.39 is 0 Å². The van der Waals surface area contributed by atoms with Crippen molar-refractivity contribution in [2.45, 2.75) is 23.5 Å². The van der Waals surface area contributed by atoms with Crippen LogP contribution in [0.5, 0.6) is 5.75 Å². The van der Waals surface area contributed by atoms with Crippen LogP contribution in [-0.2, 0) is 0 Å². The van der Waals surface area contributed by atoms with Crippen LogP contribution in [-0.4, -0.2) is 12.8 Å². The summed E-state index contributed by atoms with van der Waals surface area (Å²) in [4.78, 5) is 6.25. The molecule has 0 spiro atoms. The Hall–Kier alpha value is -2.52. The summed E-state index contributed by atoms with van der Waals surface area (Å²) in [5.41, 5.74) is 5.97. The first kappa shape index (κ1) is 16.9. The molecule has 0 aliphatic carbocycles. The maximum atomic E-state index is 5.31. The number of rotatable bonds is 3. The van der Waals surface area contributed by atoms with Crippen LogP contribution in [0.15, 0.2) is 82.7 Å². The first-order valence-electron chi connectivity index (χ1n) is 8.77. The van der Waals surface area contributed by atoms with E-state index in [4.69, 9.17) is 9.73 Å². The predicted molar refractivity (Wildman–Crippen MR) is 110 cm³/mol. The van der Waals surface area contributed by atoms with Crippen molar-refractivity contribution in [1.29, 1.82) is 0 Å². The molecule has 0 bridgehead atoms. The van der Waals surface area contributed by atoms with Gasteiger partial charge in [-0.05, 0) is 42.3 Å². The van der Waals surface area contributed by atoms with Gasteiger partial charge in [-0.25, -0.2) is 0 Å². The Labute approximate surface area is 158 Å². The molecule has 3 heteroatoms. The van der Waals surface area contributed by atoms with Gasteiger partial charge in [-0.15, -0.1) is 11.8 Å². The molecule has 1 aliphatic rings. The molecule has 1 heterocycles. The van der Waals surface area contributed by atoms with Crippen molar-refractivity contribution in [1.82, 2.24) is 0 Å². The van der Waals surface area contributed by atoms with Crippen LogP contribution >= 0.6 is 11.8 Å². The Balaban J connectivity index is 1.75. The van der Waals surface area contributed by atoms with Gasteiger partial charge in [0.25, 0.3) is 0 Å². The molecule has 3 aromatic rings. The van der Waals surface area contributed by atoms with Crippen LogP contribution in [0, 0.1) is 6.92 Å². The highest BCUT2D eigenvalue weighted by Crippen LogP contribution is 2.45. The highest BCUT2D eigenvalue weighted by molar-refractivity contribution is 7.99. The van der Waals surface area contributed by atoms with Crippen molar-refractivity contribution < 1.29 is 4.74 Å². The summed E-state index contributed by atoms with van der Waals surface area (Å²) in [6.45, 7) is 2.12. The van der Waals surface area contributed by atoms with Crippen molar-refractivity contribution in [3.8, 4) is 5.75 Å². The summed E-state index contributed by atoms with van der Waals surface area (Å²) in [5.74, 6) is 0.889. The van der Waals surface area contributed by atoms with E-state index in [1.165, 1.54) is 21.6 Å². The molecule has 26 heavy (non-hydrogen) atoms. The molecule has 0 saturated carbocycles. The third-order valence-corrected chi connectivity index (χ3v) is 5.96. The molecule has 1 unspecified atom stereocenters. The van der Waals surface area contributed by atoms with Gasteiger partial charge in [0, 0.05) is 22.3 Å². The van der Waals surface area contributed by atoms with Crippen LogP contribution in [0.3, 0.4) is 0 Å². The maximum Gasteiger partial charge on any atom is 0.118 e. The molecule has 0 saturated heterocycles. The van der Waals surface area contributed by atoms with Gasteiger partial charge in [-0.3, -0.25) is 4.99 Å². The predicted octanol–water partition coefficient (Wildman–Crippen LogP) is 6.36.